The standard InChI is InChI=1S/C77H95NO9/c1-3-56-51-15-6-10-45(31-51)20-21-46-23-28-72(39-46)43-74(44-80)65-25-29-73-42-71(26-22-48(38-71)30-47-11-7-16-52(56)32-47)27-24-50-14-8-18-54(41-79)58(50)36-64(78-2)60-33-55(67(73)61-37-66(81)87-68(60)61)40-75(73,84)77(65,86)70(83)63-35-59-53(34-62(69(72)82)76(63,74)85)17-9-19-57(59)49-12-4-5-13-49/h6-11,14-18,31-32,37,44,46,48-49,53,55-57,59-60,62-65,67-70,78-79,82-86H,3-5,12-13,19-23,25-26,28-30,33-36,38-43H2,1-2H3/t46-,48-,53-,55-,56-,57+,59+,60+,62+,63-,64+,65-,67-,68+,69-,70-,71-,72+,73+,74+,75-,76-,77+/m1/s1. The fourth-order valence-electron chi connectivity index (χ4n) is 25.4. The van der Waals surface area contributed by atoms with Crippen LogP contribution < -0.4 is 5.32 Å². The smallest absolute Gasteiger partial charge is 0.331 e. The van der Waals surface area contributed by atoms with Gasteiger partial charge in [0, 0.05) is 58.1 Å². The molecule has 15 aliphatic rings. The van der Waals surface area contributed by atoms with E-state index in [9.17, 15) is 25.2 Å². The Morgan fingerprint density at radius 3 is 2.31 bits per heavy atom. The lowest BCUT2D eigenvalue weighted by molar-refractivity contribution is -0.385. The zero-order valence-corrected chi connectivity index (χ0v) is 51.6. The quantitative estimate of drug-likeness (QED) is 0.0563. The molecule has 462 valence electrons. The molecule has 10 heteroatoms. The van der Waals surface area contributed by atoms with Crippen molar-refractivity contribution in [2.45, 2.75) is 215 Å². The van der Waals surface area contributed by atoms with Gasteiger partial charge in [-0.15, -0.1) is 0 Å². The van der Waals surface area contributed by atoms with Crippen molar-refractivity contribution in [3.63, 3.8) is 0 Å². The van der Waals surface area contributed by atoms with Crippen molar-refractivity contribution >= 4 is 12.3 Å². The van der Waals surface area contributed by atoms with Crippen LogP contribution >= 0.6 is 0 Å². The second kappa shape index (κ2) is 20.8. The molecule has 0 amide bonds. The number of aldehydes is 1. The molecule has 23 atom stereocenters. The Balaban J connectivity index is 0.932. The highest BCUT2D eigenvalue weighted by molar-refractivity contribution is 5.86. The van der Waals surface area contributed by atoms with Crippen LogP contribution in [-0.4, -0.2) is 91.1 Å². The Labute approximate surface area is 515 Å². The summed E-state index contributed by atoms with van der Waals surface area (Å²) in [5, 5.41) is 88.8. The van der Waals surface area contributed by atoms with E-state index >= 15 is 15.0 Å². The fraction of sp³-hybridized carbons (Fsp3) is 0.662. The minimum absolute atomic E-state index is 0.00932. The van der Waals surface area contributed by atoms with Gasteiger partial charge < -0.3 is 45.5 Å². The number of carbonyl (C=O) groups is 2. The summed E-state index contributed by atoms with van der Waals surface area (Å²) in [6.45, 7) is 2.15. The molecule has 0 saturated heterocycles. The van der Waals surface area contributed by atoms with Gasteiger partial charge in [0.25, 0.3) is 0 Å². The summed E-state index contributed by atoms with van der Waals surface area (Å²) in [6, 6.07) is 24.3. The number of fused-ring (bicyclic) bond motifs is 4. The summed E-state index contributed by atoms with van der Waals surface area (Å²) >= 11 is 0. The van der Waals surface area contributed by atoms with Crippen molar-refractivity contribution in [1.82, 2.24) is 5.32 Å². The van der Waals surface area contributed by atoms with Gasteiger partial charge in [-0.3, -0.25) is 0 Å². The van der Waals surface area contributed by atoms with Crippen molar-refractivity contribution in [1.29, 1.82) is 0 Å². The van der Waals surface area contributed by atoms with Crippen molar-refractivity contribution in [3.8, 4) is 11.8 Å². The number of aliphatic hydroxyl groups is 6. The second-order valence-electron chi connectivity index (χ2n) is 31.9. The van der Waals surface area contributed by atoms with Crippen LogP contribution in [0.2, 0.25) is 0 Å². The molecule has 87 heavy (non-hydrogen) atoms. The molecule has 3 spiro atoms. The lowest BCUT2D eigenvalue weighted by Gasteiger charge is -2.75. The number of nitrogens with one attached hydrogen (secondary N) is 1. The number of benzene rings is 3. The topological polar surface area (TPSA) is 177 Å². The highest BCUT2D eigenvalue weighted by Crippen LogP contribution is 2.80. The van der Waals surface area contributed by atoms with E-state index in [0.717, 1.165) is 99.2 Å². The van der Waals surface area contributed by atoms with Crippen LogP contribution in [0.5, 0.6) is 0 Å². The minimum Gasteiger partial charge on any atom is -0.454 e. The number of allylic oxidation sites excluding steroid dienone is 2. The van der Waals surface area contributed by atoms with Crippen LogP contribution in [0, 0.1) is 105 Å². The molecule has 15 bridgehead atoms. The maximum Gasteiger partial charge on any atom is 0.331 e. The number of aryl methyl sites for hydroxylation is 1. The van der Waals surface area contributed by atoms with Crippen LogP contribution in [-0.2, 0) is 40.2 Å². The van der Waals surface area contributed by atoms with Gasteiger partial charge in [0.05, 0.1) is 29.8 Å². The second-order valence-corrected chi connectivity index (χ2v) is 31.9. The zero-order chi connectivity index (χ0) is 59.6. The number of ether oxygens (including phenoxy) is 1. The summed E-state index contributed by atoms with van der Waals surface area (Å²) in [7, 11) is 1.96. The van der Waals surface area contributed by atoms with Gasteiger partial charge in [0.15, 0.2) is 0 Å². The third kappa shape index (κ3) is 8.09. The molecule has 0 aromatic heterocycles. The summed E-state index contributed by atoms with van der Waals surface area (Å²) < 4.78 is 6.58. The molecule has 7 N–H and O–H groups in total. The Hall–Kier alpha value is -4.44. The molecule has 1 heterocycles. The first-order valence-corrected chi connectivity index (χ1v) is 34.8. The normalized spacial score (nSPS) is 47.3. The van der Waals surface area contributed by atoms with Gasteiger partial charge in [0.1, 0.15) is 23.6 Å². The number of carbonyl (C=O) groups excluding carboxylic acids is 2. The number of esters is 1. The van der Waals surface area contributed by atoms with Crippen molar-refractivity contribution < 1.29 is 45.0 Å². The maximum atomic E-state index is 15.7. The molecule has 18 rings (SSSR count). The van der Waals surface area contributed by atoms with Crippen molar-refractivity contribution in [2.75, 3.05) is 7.05 Å². The van der Waals surface area contributed by atoms with Gasteiger partial charge in [-0.05, 0) is 233 Å². The molecule has 9 fully saturated rings. The predicted octanol–water partition coefficient (Wildman–Crippen LogP) is 10.8. The van der Waals surface area contributed by atoms with E-state index in [0.29, 0.717) is 63.2 Å². The zero-order valence-electron chi connectivity index (χ0n) is 51.6. The van der Waals surface area contributed by atoms with E-state index in [-0.39, 0.29) is 73.3 Å². The highest BCUT2D eigenvalue weighted by atomic mass is 16.5. The van der Waals surface area contributed by atoms with E-state index in [1.54, 1.807) is 6.08 Å². The molecular weight excluding hydrogens is 1080 g/mol. The van der Waals surface area contributed by atoms with Crippen molar-refractivity contribution in [2.24, 2.45) is 92.7 Å². The van der Waals surface area contributed by atoms with Crippen LogP contribution in [0.3, 0.4) is 0 Å². The fourth-order valence-corrected chi connectivity index (χ4v) is 25.4. The molecular formula is C77H95NO9. The summed E-state index contributed by atoms with van der Waals surface area (Å²) in [5.41, 5.74) is -1.66. The van der Waals surface area contributed by atoms with Crippen LogP contribution in [0.25, 0.3) is 0 Å². The van der Waals surface area contributed by atoms with Gasteiger partial charge in [0.2, 0.25) is 0 Å². The van der Waals surface area contributed by atoms with Crippen LogP contribution in [0.1, 0.15) is 187 Å². The molecule has 0 radical (unpaired) electrons. The molecule has 10 nitrogen and oxygen atoms in total. The van der Waals surface area contributed by atoms with Gasteiger partial charge in [-0.25, -0.2) is 4.79 Å². The summed E-state index contributed by atoms with van der Waals surface area (Å²) in [6.07, 6.45) is 21.5. The first-order valence-electron chi connectivity index (χ1n) is 34.8. The molecule has 14 aliphatic carbocycles. The van der Waals surface area contributed by atoms with E-state index in [2.05, 4.69) is 90.8 Å². The van der Waals surface area contributed by atoms with Gasteiger partial charge in [-0.2, -0.15) is 0 Å². The lowest BCUT2D eigenvalue weighted by Crippen LogP contribution is -2.86. The third-order valence-corrected chi connectivity index (χ3v) is 28.7. The first kappa shape index (κ1) is 57.7. The lowest BCUT2D eigenvalue weighted by atomic mass is 9.32. The van der Waals surface area contributed by atoms with E-state index in [4.69, 9.17) is 4.74 Å². The average Bonchev–Trinajstić information content (AvgIpc) is 1.62. The van der Waals surface area contributed by atoms with Gasteiger partial charge in [-0.1, -0.05) is 117 Å². The Morgan fingerprint density at radius 1 is 0.759 bits per heavy atom. The minimum atomic E-state index is -2.29. The largest absolute Gasteiger partial charge is 0.454 e. The maximum absolute atomic E-state index is 15.7. The number of hydrogen-bond donors (Lipinski definition) is 7. The molecule has 3 aromatic rings. The number of aliphatic hydroxyl groups excluding tert-OH is 3. The van der Waals surface area contributed by atoms with Crippen LogP contribution in [0.15, 0.2) is 90.5 Å². The monoisotopic (exact) mass is 1180 g/mol. The SMILES string of the molecule is CC[C@@H]1c2cccc(c2)CC[C@@H]2CC[C@]3(C2)C[C@]2(C=O)[C@H]4CC[C@@]56C[C@@]7(C#Cc8cccc(CO)c8C[C@H](NC)[C@@H]8C[C@H](C[C@]5(O)[C@@]4(O)[C@H](O)[C@H]4C[C@H]5[C@H](C=CC[C@H]5C5CCCC5)C[C@@H]([C@H]3O)[C@@]42O)[C@@H]6C2=CC(=O)O[C@H]28)CC[C@H](Cc2cccc1c2)C7. The van der Waals surface area contributed by atoms with Crippen molar-refractivity contribution in [3.05, 3.63) is 129 Å². The van der Waals surface area contributed by atoms with E-state index in [1.807, 2.05) is 19.2 Å². The third-order valence-electron chi connectivity index (χ3n) is 28.7. The number of rotatable bonds is 5. The summed E-state index contributed by atoms with van der Waals surface area (Å²) in [5.74, 6) is 5.33. The average molecular weight is 1180 g/mol. The van der Waals surface area contributed by atoms with E-state index in [1.165, 1.54) is 35.1 Å². The first-order chi connectivity index (χ1) is 42.1. The molecule has 1 aliphatic heterocycles. The Morgan fingerprint density at radius 2 is 1.53 bits per heavy atom. The predicted molar refractivity (Wildman–Crippen MR) is 332 cm³/mol. The van der Waals surface area contributed by atoms with E-state index < -0.39 is 86.4 Å². The molecule has 3 aromatic carbocycles. The number of likely N-dealkylation sites (N-methyl/N-ethyl adjacent to an activating group) is 1. The Bertz CT molecular complexity index is 3370. The highest BCUT2D eigenvalue weighted by Gasteiger charge is 2.87. The van der Waals surface area contributed by atoms with Crippen LogP contribution in [0.4, 0.5) is 0 Å². The number of hydrogen-bond acceptors (Lipinski definition) is 10. The summed E-state index contributed by atoms with van der Waals surface area (Å²) in [4.78, 5) is 30.0. The molecule has 9 saturated carbocycles. The molecule has 0 unspecified atom stereocenters. The van der Waals surface area contributed by atoms with Gasteiger partial charge >= 0.3 is 5.97 Å². The Kier molecular flexibility index (Phi) is 13.8.